The Morgan fingerprint density at radius 3 is 2.17 bits per heavy atom. The van der Waals surface area contributed by atoms with Crippen LogP contribution < -0.4 is 4.74 Å². The van der Waals surface area contributed by atoms with Crippen molar-refractivity contribution in [1.82, 2.24) is 0 Å². The zero-order valence-electron chi connectivity index (χ0n) is 7.53. The number of aryl methyl sites for hydroxylation is 1. The quantitative estimate of drug-likeness (QED) is 0.668. The molecule has 3 nitrogen and oxygen atoms in total. The Balaban J connectivity index is 0.000000561. The number of aromatic hydroxyl groups is 1. The molecule has 0 radical (unpaired) electrons. The highest BCUT2D eigenvalue weighted by atomic mass is 16.5. The lowest BCUT2D eigenvalue weighted by Gasteiger charge is -2.00. The SMILES string of the molecule is CO.COc1cc(C)cc(O)c1. The van der Waals surface area contributed by atoms with Crippen LogP contribution in [0.4, 0.5) is 0 Å². The molecule has 1 rings (SSSR count). The molecule has 3 heteroatoms. The average molecular weight is 170 g/mol. The van der Waals surface area contributed by atoms with Crippen LogP contribution in [0.1, 0.15) is 5.56 Å². The molecule has 0 unspecified atom stereocenters. The molecule has 2 N–H and O–H groups in total. The Morgan fingerprint density at radius 1 is 1.17 bits per heavy atom. The molecule has 68 valence electrons. The van der Waals surface area contributed by atoms with Crippen molar-refractivity contribution in [2.24, 2.45) is 0 Å². The van der Waals surface area contributed by atoms with Crippen LogP contribution in [0.3, 0.4) is 0 Å². The number of methoxy groups -OCH3 is 1. The molecular weight excluding hydrogens is 156 g/mol. The number of hydrogen-bond donors (Lipinski definition) is 2. The Hall–Kier alpha value is -1.22. The third-order valence-electron chi connectivity index (χ3n) is 1.27. The van der Waals surface area contributed by atoms with E-state index in [-0.39, 0.29) is 5.75 Å². The largest absolute Gasteiger partial charge is 0.508 e. The van der Waals surface area contributed by atoms with Gasteiger partial charge in [0.1, 0.15) is 11.5 Å². The van der Waals surface area contributed by atoms with E-state index in [1.807, 2.05) is 13.0 Å². The molecule has 0 bridgehead atoms. The Kier molecular flexibility index (Phi) is 4.88. The maximum Gasteiger partial charge on any atom is 0.122 e. The van der Waals surface area contributed by atoms with Crippen LogP contribution >= 0.6 is 0 Å². The van der Waals surface area contributed by atoms with Gasteiger partial charge in [0.25, 0.3) is 0 Å². The second kappa shape index (κ2) is 5.43. The second-order valence-electron chi connectivity index (χ2n) is 2.21. The van der Waals surface area contributed by atoms with Crippen LogP contribution in [0, 0.1) is 6.92 Å². The summed E-state index contributed by atoms with van der Waals surface area (Å²) in [5.41, 5.74) is 0.997. The number of rotatable bonds is 1. The molecule has 1 aromatic carbocycles. The van der Waals surface area contributed by atoms with Gasteiger partial charge in [0.05, 0.1) is 7.11 Å². The van der Waals surface area contributed by atoms with Crippen molar-refractivity contribution >= 4 is 0 Å². The van der Waals surface area contributed by atoms with Gasteiger partial charge in [0, 0.05) is 13.2 Å². The van der Waals surface area contributed by atoms with E-state index in [1.54, 1.807) is 19.2 Å². The molecule has 0 aliphatic heterocycles. The lowest BCUT2D eigenvalue weighted by molar-refractivity contribution is 0.399. The van der Waals surface area contributed by atoms with Gasteiger partial charge >= 0.3 is 0 Å². The monoisotopic (exact) mass is 170 g/mol. The molecule has 0 spiro atoms. The summed E-state index contributed by atoms with van der Waals surface area (Å²) in [5, 5.41) is 16.0. The fourth-order valence-corrected chi connectivity index (χ4v) is 0.846. The molecule has 0 saturated carbocycles. The van der Waals surface area contributed by atoms with E-state index in [2.05, 4.69) is 0 Å². The number of ether oxygens (including phenoxy) is 1. The highest BCUT2D eigenvalue weighted by Crippen LogP contribution is 2.20. The molecule has 0 aromatic heterocycles. The molecule has 0 amide bonds. The molecule has 0 saturated heterocycles. The summed E-state index contributed by atoms with van der Waals surface area (Å²) in [6, 6.07) is 5.12. The van der Waals surface area contributed by atoms with Crippen molar-refractivity contribution in [3.05, 3.63) is 23.8 Å². The summed E-state index contributed by atoms with van der Waals surface area (Å²) in [7, 11) is 2.58. The smallest absolute Gasteiger partial charge is 0.122 e. The minimum absolute atomic E-state index is 0.247. The molecular formula is C9H14O3. The highest BCUT2D eigenvalue weighted by molar-refractivity contribution is 5.36. The first-order valence-corrected chi connectivity index (χ1v) is 3.52. The zero-order chi connectivity index (χ0) is 9.56. The van der Waals surface area contributed by atoms with Gasteiger partial charge in [0.15, 0.2) is 0 Å². The standard InChI is InChI=1S/C8H10O2.CH4O/c1-6-3-7(9)5-8(4-6)10-2;1-2/h3-5,9H,1-2H3;2H,1H3. The number of hydrogen-bond acceptors (Lipinski definition) is 3. The van der Waals surface area contributed by atoms with E-state index in [1.165, 1.54) is 0 Å². The summed E-state index contributed by atoms with van der Waals surface area (Å²) in [6.45, 7) is 1.90. The van der Waals surface area contributed by atoms with Gasteiger partial charge in [0.2, 0.25) is 0 Å². The van der Waals surface area contributed by atoms with Crippen molar-refractivity contribution in [1.29, 1.82) is 0 Å². The van der Waals surface area contributed by atoms with E-state index in [0.717, 1.165) is 12.7 Å². The predicted octanol–water partition coefficient (Wildman–Crippen LogP) is 1.32. The van der Waals surface area contributed by atoms with Crippen LogP contribution in [0.5, 0.6) is 11.5 Å². The van der Waals surface area contributed by atoms with E-state index in [0.29, 0.717) is 5.75 Å². The van der Waals surface area contributed by atoms with Crippen molar-refractivity contribution in [3.63, 3.8) is 0 Å². The summed E-state index contributed by atoms with van der Waals surface area (Å²) in [4.78, 5) is 0. The Morgan fingerprint density at radius 2 is 1.75 bits per heavy atom. The number of aliphatic hydroxyl groups excluding tert-OH is 1. The van der Waals surface area contributed by atoms with E-state index in [4.69, 9.17) is 14.9 Å². The molecule has 12 heavy (non-hydrogen) atoms. The van der Waals surface area contributed by atoms with Gasteiger partial charge in [-0.3, -0.25) is 0 Å². The average Bonchev–Trinajstić information content (AvgIpc) is 2.06. The fraction of sp³-hybridized carbons (Fsp3) is 0.333. The maximum absolute atomic E-state index is 9.04. The highest BCUT2D eigenvalue weighted by Gasteiger charge is 1.94. The molecule has 0 atom stereocenters. The second-order valence-corrected chi connectivity index (χ2v) is 2.21. The summed E-state index contributed by atoms with van der Waals surface area (Å²) in [6.07, 6.45) is 0. The van der Waals surface area contributed by atoms with E-state index in [9.17, 15) is 0 Å². The zero-order valence-corrected chi connectivity index (χ0v) is 7.53. The lowest BCUT2D eigenvalue weighted by atomic mass is 10.2. The number of phenolic OH excluding ortho intramolecular Hbond substituents is 1. The first-order chi connectivity index (χ1) is 5.72. The van der Waals surface area contributed by atoms with Gasteiger partial charge in [-0.05, 0) is 24.6 Å². The summed E-state index contributed by atoms with van der Waals surface area (Å²) >= 11 is 0. The van der Waals surface area contributed by atoms with Crippen molar-refractivity contribution in [2.45, 2.75) is 6.92 Å². The topological polar surface area (TPSA) is 49.7 Å². The third kappa shape index (κ3) is 3.25. The van der Waals surface area contributed by atoms with Crippen LogP contribution in [0.25, 0.3) is 0 Å². The first-order valence-electron chi connectivity index (χ1n) is 3.52. The normalized spacial score (nSPS) is 8.33. The molecule has 0 heterocycles. The Bertz CT molecular complexity index is 213. The van der Waals surface area contributed by atoms with Crippen molar-refractivity contribution < 1.29 is 14.9 Å². The number of aliphatic hydroxyl groups is 1. The summed E-state index contributed by atoms with van der Waals surface area (Å²) in [5.74, 6) is 0.939. The van der Waals surface area contributed by atoms with Crippen LogP contribution in [0.15, 0.2) is 18.2 Å². The van der Waals surface area contributed by atoms with Crippen LogP contribution in [-0.4, -0.2) is 24.4 Å². The minimum atomic E-state index is 0.247. The molecule has 0 aliphatic rings. The van der Waals surface area contributed by atoms with Gasteiger partial charge in [-0.1, -0.05) is 0 Å². The van der Waals surface area contributed by atoms with Gasteiger partial charge < -0.3 is 14.9 Å². The van der Waals surface area contributed by atoms with E-state index >= 15 is 0 Å². The van der Waals surface area contributed by atoms with Crippen molar-refractivity contribution in [3.8, 4) is 11.5 Å². The van der Waals surface area contributed by atoms with Gasteiger partial charge in [-0.15, -0.1) is 0 Å². The lowest BCUT2D eigenvalue weighted by Crippen LogP contribution is -1.82. The molecule has 0 aliphatic carbocycles. The molecule has 1 aromatic rings. The van der Waals surface area contributed by atoms with Crippen LogP contribution in [0.2, 0.25) is 0 Å². The first kappa shape index (κ1) is 10.8. The maximum atomic E-state index is 9.04. The van der Waals surface area contributed by atoms with Crippen LogP contribution in [-0.2, 0) is 0 Å². The van der Waals surface area contributed by atoms with Gasteiger partial charge in [-0.2, -0.15) is 0 Å². The number of phenols is 1. The van der Waals surface area contributed by atoms with Gasteiger partial charge in [-0.25, -0.2) is 0 Å². The predicted molar refractivity (Wildman–Crippen MR) is 47.5 cm³/mol. The fourth-order valence-electron chi connectivity index (χ4n) is 0.846. The number of benzene rings is 1. The molecule has 0 fully saturated rings. The summed E-state index contributed by atoms with van der Waals surface area (Å²) < 4.78 is 4.92. The Labute approximate surface area is 72.2 Å². The third-order valence-corrected chi connectivity index (χ3v) is 1.27. The van der Waals surface area contributed by atoms with Crippen molar-refractivity contribution in [2.75, 3.05) is 14.2 Å². The minimum Gasteiger partial charge on any atom is -0.508 e. The van der Waals surface area contributed by atoms with E-state index < -0.39 is 0 Å².